The molecule has 0 aromatic carbocycles. The number of imidazole rings is 1. The molecule has 1 atom stereocenters. The number of H-pyrrole nitrogens is 2. The number of methoxy groups -OCH3 is 2. The van der Waals surface area contributed by atoms with Crippen LogP contribution in [-0.2, 0) is 11.8 Å². The fraction of sp³-hybridized carbons (Fsp3) is 0.273. The van der Waals surface area contributed by atoms with Gasteiger partial charge in [-0.25, -0.2) is 19.9 Å². The molecule has 12 heteroatoms. The maximum Gasteiger partial charge on any atom is 0.261 e. The zero-order valence-electron chi connectivity index (χ0n) is 18.2. The van der Waals surface area contributed by atoms with Gasteiger partial charge in [-0.2, -0.15) is 5.10 Å². The predicted octanol–water partition coefficient (Wildman–Crippen LogP) is 2.43. The van der Waals surface area contributed by atoms with E-state index < -0.39 is 6.04 Å². The lowest BCUT2D eigenvalue weighted by atomic mass is 10.1. The van der Waals surface area contributed by atoms with Crippen LogP contribution in [0.5, 0.6) is 5.88 Å². The molecular weight excluding hydrogens is 438 g/mol. The number of aromatic nitrogens is 8. The lowest BCUT2D eigenvalue weighted by Crippen LogP contribution is -2.22. The summed E-state index contributed by atoms with van der Waals surface area (Å²) >= 11 is 0. The number of hydrogen-bond acceptors (Lipinski definition) is 9. The lowest BCUT2D eigenvalue weighted by Gasteiger charge is -2.19. The van der Waals surface area contributed by atoms with Gasteiger partial charge in [-0.1, -0.05) is 7.43 Å². The van der Waals surface area contributed by atoms with Crippen LogP contribution in [0.1, 0.15) is 19.3 Å². The van der Waals surface area contributed by atoms with Crippen LogP contribution >= 0.6 is 0 Å². The van der Waals surface area contributed by atoms with Crippen molar-refractivity contribution in [3.63, 3.8) is 0 Å². The van der Waals surface area contributed by atoms with E-state index in [1.54, 1.807) is 55.8 Å². The highest BCUT2D eigenvalue weighted by Gasteiger charge is 2.24. The maximum absolute atomic E-state index is 13.2. The molecule has 0 aliphatic carbocycles. The lowest BCUT2D eigenvalue weighted by molar-refractivity contribution is 0.184. The monoisotopic (exact) mass is 463 g/mol. The van der Waals surface area contributed by atoms with Gasteiger partial charge < -0.3 is 24.8 Å². The molecule has 0 aliphatic heterocycles. The van der Waals surface area contributed by atoms with E-state index in [4.69, 9.17) is 9.47 Å². The van der Waals surface area contributed by atoms with Crippen LogP contribution in [0.2, 0.25) is 0 Å². The quantitative estimate of drug-likeness (QED) is 0.331. The largest absolute Gasteiger partial charge is 0.481 e. The first kappa shape index (κ1) is 22.9. The van der Waals surface area contributed by atoms with Crippen LogP contribution in [0.25, 0.3) is 33.5 Å². The van der Waals surface area contributed by atoms with Crippen molar-refractivity contribution in [2.24, 2.45) is 7.05 Å². The second kappa shape index (κ2) is 9.27. The summed E-state index contributed by atoms with van der Waals surface area (Å²) in [6.07, 6.45) is 6.66. The summed E-state index contributed by atoms with van der Waals surface area (Å²) in [5, 5.41) is 7.94. The molecule has 5 aromatic rings. The van der Waals surface area contributed by atoms with Gasteiger partial charge in [-0.3, -0.25) is 9.48 Å². The van der Waals surface area contributed by atoms with E-state index in [9.17, 15) is 4.79 Å². The van der Waals surface area contributed by atoms with Gasteiger partial charge in [0.25, 0.3) is 5.56 Å². The number of nitrogens with one attached hydrogen (secondary N) is 3. The van der Waals surface area contributed by atoms with E-state index >= 15 is 0 Å². The molecule has 0 bridgehead atoms. The summed E-state index contributed by atoms with van der Waals surface area (Å²) in [4.78, 5) is 36.8. The Labute approximate surface area is 194 Å². The molecule has 5 rings (SSSR count). The first-order valence-corrected chi connectivity index (χ1v) is 10.1. The molecule has 0 amide bonds. The van der Waals surface area contributed by atoms with Crippen LogP contribution in [0, 0.1) is 0 Å². The van der Waals surface area contributed by atoms with Crippen molar-refractivity contribution in [2.75, 3.05) is 26.1 Å². The summed E-state index contributed by atoms with van der Waals surface area (Å²) in [7, 11) is 4.91. The number of pyridine rings is 2. The van der Waals surface area contributed by atoms with Crippen molar-refractivity contribution < 1.29 is 9.47 Å². The predicted molar refractivity (Wildman–Crippen MR) is 128 cm³/mol. The highest BCUT2D eigenvalue weighted by atomic mass is 16.5. The first-order valence-electron chi connectivity index (χ1n) is 10.1. The standard InChI is InChI=1S/C21H21N9O3.CH4/c1-30-9-13-17(29-30)18(25-14(10-32-2)19-22-5-4-6-23-19)16(21(31)28-13)20-26-11-7-15(33-3)24-8-12(11)27-20;/h4-9,14,25H,10H2,1-3H3,(H,26,27)(H,28,31);1H4/t14-;/m1./s1. The van der Waals surface area contributed by atoms with Crippen LogP contribution in [0.3, 0.4) is 0 Å². The Hall–Kier alpha value is -4.32. The van der Waals surface area contributed by atoms with Gasteiger partial charge in [-0.15, -0.1) is 0 Å². The van der Waals surface area contributed by atoms with Crippen molar-refractivity contribution in [3.05, 3.63) is 53.1 Å². The number of aryl methyl sites for hydroxylation is 1. The van der Waals surface area contributed by atoms with Crippen molar-refractivity contribution in [1.82, 2.24) is 39.7 Å². The Morgan fingerprint density at radius 3 is 2.68 bits per heavy atom. The van der Waals surface area contributed by atoms with Gasteiger partial charge in [0.05, 0.1) is 42.2 Å². The molecule has 0 saturated carbocycles. The maximum atomic E-state index is 13.2. The summed E-state index contributed by atoms with van der Waals surface area (Å²) in [5.41, 5.74) is 2.89. The van der Waals surface area contributed by atoms with E-state index in [1.807, 2.05) is 0 Å². The van der Waals surface area contributed by atoms with Gasteiger partial charge in [-0.05, 0) is 6.07 Å². The third-order valence-corrected chi connectivity index (χ3v) is 5.13. The third kappa shape index (κ3) is 4.06. The fourth-order valence-corrected chi connectivity index (χ4v) is 3.68. The number of rotatable bonds is 7. The molecule has 176 valence electrons. The van der Waals surface area contributed by atoms with E-state index in [-0.39, 0.29) is 19.6 Å². The Kier molecular flexibility index (Phi) is 6.23. The highest BCUT2D eigenvalue weighted by Crippen LogP contribution is 2.32. The van der Waals surface area contributed by atoms with Gasteiger partial charge >= 0.3 is 0 Å². The van der Waals surface area contributed by atoms with Crippen molar-refractivity contribution in [3.8, 4) is 17.3 Å². The van der Waals surface area contributed by atoms with Crippen molar-refractivity contribution in [2.45, 2.75) is 13.5 Å². The van der Waals surface area contributed by atoms with Crippen LogP contribution in [-0.4, -0.2) is 60.5 Å². The molecule has 5 heterocycles. The minimum absolute atomic E-state index is 0. The number of aromatic amines is 2. The van der Waals surface area contributed by atoms with Crippen molar-refractivity contribution in [1.29, 1.82) is 0 Å². The molecule has 0 fully saturated rings. The molecular formula is C22H25N9O3. The summed E-state index contributed by atoms with van der Waals surface area (Å²) in [6.45, 7) is 0.270. The molecule has 3 N–H and O–H groups in total. The zero-order chi connectivity index (χ0) is 22.9. The SMILES string of the molecule is C.COC[C@@H](Nc1c(-c2nc3cc(OC)ncc3[nH]2)c(=O)[nH]c2cn(C)nc12)c1ncccn1. The highest BCUT2D eigenvalue weighted by molar-refractivity contribution is 5.96. The van der Waals surface area contributed by atoms with Crippen LogP contribution in [0.4, 0.5) is 5.69 Å². The van der Waals surface area contributed by atoms with Gasteiger partial charge in [0.1, 0.15) is 22.9 Å². The Morgan fingerprint density at radius 1 is 1.15 bits per heavy atom. The van der Waals surface area contributed by atoms with E-state index in [1.165, 1.54) is 7.11 Å². The van der Waals surface area contributed by atoms with Crippen LogP contribution < -0.4 is 15.6 Å². The zero-order valence-corrected chi connectivity index (χ0v) is 18.2. The molecule has 0 saturated heterocycles. The molecule has 5 aromatic heterocycles. The summed E-state index contributed by atoms with van der Waals surface area (Å²) in [6, 6.07) is 2.99. The summed E-state index contributed by atoms with van der Waals surface area (Å²) < 4.78 is 12.2. The number of anilines is 1. The Morgan fingerprint density at radius 2 is 1.94 bits per heavy atom. The average molecular weight is 464 g/mol. The molecule has 0 unspecified atom stereocenters. The molecule has 0 radical (unpaired) electrons. The minimum Gasteiger partial charge on any atom is -0.481 e. The Bertz CT molecular complexity index is 1490. The van der Waals surface area contributed by atoms with Gasteiger partial charge in [0.15, 0.2) is 5.82 Å². The third-order valence-electron chi connectivity index (χ3n) is 5.13. The topological polar surface area (TPSA) is 149 Å². The second-order valence-electron chi connectivity index (χ2n) is 7.36. The van der Waals surface area contributed by atoms with Crippen molar-refractivity contribution >= 4 is 27.8 Å². The van der Waals surface area contributed by atoms with Gasteiger partial charge in [0, 0.05) is 38.8 Å². The molecule has 12 nitrogen and oxygen atoms in total. The first-order chi connectivity index (χ1) is 16.1. The second-order valence-corrected chi connectivity index (χ2v) is 7.36. The average Bonchev–Trinajstić information content (AvgIpc) is 3.40. The van der Waals surface area contributed by atoms with E-state index in [2.05, 4.69) is 40.3 Å². The molecule has 0 aliphatic rings. The number of ether oxygens (including phenoxy) is 2. The number of nitrogens with zero attached hydrogens (tertiary/aromatic N) is 6. The molecule has 0 spiro atoms. The van der Waals surface area contributed by atoms with E-state index in [0.717, 1.165) is 0 Å². The molecule has 34 heavy (non-hydrogen) atoms. The van der Waals surface area contributed by atoms with Gasteiger partial charge in [0.2, 0.25) is 5.88 Å². The van der Waals surface area contributed by atoms with Crippen LogP contribution in [0.15, 0.2) is 41.7 Å². The summed E-state index contributed by atoms with van der Waals surface area (Å²) in [5.74, 6) is 1.31. The normalized spacial score (nSPS) is 12.0. The number of hydrogen-bond donors (Lipinski definition) is 3. The number of fused-ring (bicyclic) bond motifs is 2. The minimum atomic E-state index is -0.437. The van der Waals surface area contributed by atoms with E-state index in [0.29, 0.717) is 50.8 Å². The Balaban J connectivity index is 0.00000274. The smallest absolute Gasteiger partial charge is 0.261 e. The fourth-order valence-electron chi connectivity index (χ4n) is 3.68.